The lowest BCUT2D eigenvalue weighted by Gasteiger charge is -2.27. The summed E-state index contributed by atoms with van der Waals surface area (Å²) in [6.45, 7) is 3.12. The number of carbonyl (C=O) groups excluding carboxylic acids is 1. The third-order valence-corrected chi connectivity index (χ3v) is 3.74. The Bertz CT molecular complexity index is 491. The maximum atomic E-state index is 12.4. The number of carbonyl (C=O) groups is 1. The van der Waals surface area contributed by atoms with E-state index in [4.69, 9.17) is 0 Å². The summed E-state index contributed by atoms with van der Waals surface area (Å²) in [5.41, 5.74) is -0.0110. The second-order valence-corrected chi connectivity index (χ2v) is 5.49. The van der Waals surface area contributed by atoms with E-state index in [9.17, 15) is 18.0 Å². The number of benzene rings is 1. The van der Waals surface area contributed by atoms with Crippen LogP contribution in [-0.2, 0) is 17.5 Å². The highest BCUT2D eigenvalue weighted by molar-refractivity contribution is 5.85. The molecular weight excluding hydrogens is 317 g/mol. The normalized spacial score (nSPS) is 21.8. The van der Waals surface area contributed by atoms with Crippen LogP contribution in [0.3, 0.4) is 0 Å². The Morgan fingerprint density at radius 3 is 2.50 bits per heavy atom. The first kappa shape index (κ1) is 18.8. The number of nitrogens with one attached hydrogen (secondary N) is 2. The average molecular weight is 337 g/mol. The van der Waals surface area contributed by atoms with Gasteiger partial charge in [0, 0.05) is 18.5 Å². The number of rotatable bonds is 3. The van der Waals surface area contributed by atoms with Crippen molar-refractivity contribution < 1.29 is 18.0 Å². The van der Waals surface area contributed by atoms with Gasteiger partial charge in [0.05, 0.1) is 5.56 Å². The van der Waals surface area contributed by atoms with E-state index in [0.29, 0.717) is 11.6 Å². The average Bonchev–Trinajstić information content (AvgIpc) is 2.44. The summed E-state index contributed by atoms with van der Waals surface area (Å²) in [5.74, 6) is -0.0426. The molecule has 0 bridgehead atoms. The van der Waals surface area contributed by atoms with Crippen LogP contribution in [0.2, 0.25) is 0 Å². The van der Waals surface area contributed by atoms with Gasteiger partial charge in [-0.1, -0.05) is 12.1 Å². The largest absolute Gasteiger partial charge is 0.416 e. The Labute approximate surface area is 134 Å². The first-order chi connectivity index (χ1) is 9.86. The lowest BCUT2D eigenvalue weighted by molar-refractivity contribution is -0.137. The minimum atomic E-state index is -4.33. The van der Waals surface area contributed by atoms with Gasteiger partial charge >= 0.3 is 6.18 Å². The van der Waals surface area contributed by atoms with Crippen LogP contribution in [0.15, 0.2) is 24.3 Å². The van der Waals surface area contributed by atoms with Crippen molar-refractivity contribution in [1.29, 1.82) is 0 Å². The van der Waals surface area contributed by atoms with Crippen LogP contribution in [0.25, 0.3) is 0 Å². The molecule has 124 valence electrons. The number of hydrogen-bond donors (Lipinski definition) is 2. The van der Waals surface area contributed by atoms with Crippen LogP contribution in [0.4, 0.5) is 13.2 Å². The molecule has 1 aliphatic heterocycles. The minimum absolute atomic E-state index is 0. The maximum Gasteiger partial charge on any atom is 0.416 e. The summed E-state index contributed by atoms with van der Waals surface area (Å²) in [4.78, 5) is 12.0. The minimum Gasteiger partial charge on any atom is -0.352 e. The lowest BCUT2D eigenvalue weighted by atomic mass is 9.92. The highest BCUT2D eigenvalue weighted by atomic mass is 35.5. The van der Waals surface area contributed by atoms with Gasteiger partial charge in [0.25, 0.3) is 0 Å². The van der Waals surface area contributed by atoms with E-state index in [1.54, 1.807) is 0 Å². The number of alkyl halides is 3. The van der Waals surface area contributed by atoms with Gasteiger partial charge in [0.15, 0.2) is 0 Å². The van der Waals surface area contributed by atoms with Crippen molar-refractivity contribution in [3.05, 3.63) is 35.4 Å². The van der Waals surface area contributed by atoms with E-state index in [0.717, 1.165) is 31.5 Å². The smallest absolute Gasteiger partial charge is 0.352 e. The van der Waals surface area contributed by atoms with Gasteiger partial charge in [0.1, 0.15) is 0 Å². The predicted octanol–water partition coefficient (Wildman–Crippen LogP) is 3.13. The van der Waals surface area contributed by atoms with Gasteiger partial charge < -0.3 is 10.6 Å². The Balaban J connectivity index is 0.00000242. The maximum absolute atomic E-state index is 12.4. The third-order valence-electron chi connectivity index (χ3n) is 3.74. The van der Waals surface area contributed by atoms with Crippen molar-refractivity contribution in [2.75, 3.05) is 6.54 Å². The Kier molecular flexibility index (Phi) is 6.68. The summed E-state index contributed by atoms with van der Waals surface area (Å²) in [6, 6.07) is 5.19. The predicted molar refractivity (Wildman–Crippen MR) is 80.7 cm³/mol. The molecule has 1 heterocycles. The fraction of sp³-hybridized carbons (Fsp3) is 0.533. The lowest BCUT2D eigenvalue weighted by Crippen LogP contribution is -2.42. The second-order valence-electron chi connectivity index (χ2n) is 5.49. The van der Waals surface area contributed by atoms with Gasteiger partial charge in [-0.25, -0.2) is 0 Å². The quantitative estimate of drug-likeness (QED) is 0.890. The molecule has 0 unspecified atom stereocenters. The van der Waals surface area contributed by atoms with Crippen molar-refractivity contribution >= 4 is 18.3 Å². The Hall–Kier alpha value is -1.27. The van der Waals surface area contributed by atoms with Crippen molar-refractivity contribution in [2.24, 2.45) is 5.92 Å². The molecule has 1 aromatic rings. The Morgan fingerprint density at radius 2 is 1.95 bits per heavy atom. The topological polar surface area (TPSA) is 41.1 Å². The molecule has 0 spiro atoms. The van der Waals surface area contributed by atoms with E-state index in [-0.39, 0.29) is 30.8 Å². The van der Waals surface area contributed by atoms with E-state index in [2.05, 4.69) is 10.6 Å². The SMILES string of the molecule is C[C@H]1C[C@@H](C(=O)NCc2ccc(C(F)(F)F)cc2)CCN1.Cl. The molecular formula is C15H20ClF3N2O. The van der Waals surface area contributed by atoms with Crippen LogP contribution >= 0.6 is 12.4 Å². The second kappa shape index (κ2) is 7.83. The van der Waals surface area contributed by atoms with E-state index < -0.39 is 11.7 Å². The summed E-state index contributed by atoms with van der Waals surface area (Å²) >= 11 is 0. The number of halogens is 4. The van der Waals surface area contributed by atoms with Crippen molar-refractivity contribution in [2.45, 2.75) is 38.5 Å². The van der Waals surface area contributed by atoms with Crippen LogP contribution in [0, 0.1) is 5.92 Å². The number of piperidine rings is 1. The molecule has 3 nitrogen and oxygen atoms in total. The molecule has 7 heteroatoms. The fourth-order valence-corrected chi connectivity index (χ4v) is 2.52. The molecule has 0 aromatic heterocycles. The molecule has 2 atom stereocenters. The number of hydrogen-bond acceptors (Lipinski definition) is 2. The molecule has 2 N–H and O–H groups in total. The van der Waals surface area contributed by atoms with Crippen LogP contribution in [-0.4, -0.2) is 18.5 Å². The van der Waals surface area contributed by atoms with Gasteiger partial charge in [-0.2, -0.15) is 13.2 Å². The van der Waals surface area contributed by atoms with E-state index in [1.165, 1.54) is 12.1 Å². The van der Waals surface area contributed by atoms with Crippen LogP contribution < -0.4 is 10.6 Å². The molecule has 0 radical (unpaired) electrons. The zero-order valence-electron chi connectivity index (χ0n) is 12.2. The summed E-state index contributed by atoms with van der Waals surface area (Å²) < 4.78 is 37.3. The van der Waals surface area contributed by atoms with Gasteiger partial charge in [0.2, 0.25) is 5.91 Å². The van der Waals surface area contributed by atoms with E-state index in [1.807, 2.05) is 6.92 Å². The zero-order chi connectivity index (χ0) is 15.5. The molecule has 0 saturated carbocycles. The molecule has 1 aromatic carbocycles. The van der Waals surface area contributed by atoms with Crippen molar-refractivity contribution in [1.82, 2.24) is 10.6 Å². The first-order valence-corrected chi connectivity index (χ1v) is 7.03. The molecule has 1 aliphatic rings. The van der Waals surface area contributed by atoms with Gasteiger partial charge in [-0.05, 0) is 44.0 Å². The monoisotopic (exact) mass is 336 g/mol. The zero-order valence-corrected chi connectivity index (χ0v) is 13.1. The van der Waals surface area contributed by atoms with E-state index >= 15 is 0 Å². The summed E-state index contributed by atoms with van der Waals surface area (Å²) in [7, 11) is 0. The first-order valence-electron chi connectivity index (χ1n) is 7.03. The molecule has 1 saturated heterocycles. The molecule has 2 rings (SSSR count). The Morgan fingerprint density at radius 1 is 1.32 bits per heavy atom. The van der Waals surface area contributed by atoms with Crippen LogP contribution in [0.1, 0.15) is 30.9 Å². The molecule has 22 heavy (non-hydrogen) atoms. The fourth-order valence-electron chi connectivity index (χ4n) is 2.52. The van der Waals surface area contributed by atoms with Crippen molar-refractivity contribution in [3.8, 4) is 0 Å². The summed E-state index contributed by atoms with van der Waals surface area (Å²) in [5, 5.41) is 6.07. The third kappa shape index (κ3) is 5.18. The van der Waals surface area contributed by atoms with Crippen molar-refractivity contribution in [3.63, 3.8) is 0 Å². The highest BCUT2D eigenvalue weighted by Gasteiger charge is 2.30. The highest BCUT2D eigenvalue weighted by Crippen LogP contribution is 2.29. The molecule has 0 aliphatic carbocycles. The summed E-state index contributed by atoms with van der Waals surface area (Å²) in [6.07, 6.45) is -2.74. The number of amides is 1. The molecule has 1 amide bonds. The van der Waals surface area contributed by atoms with Gasteiger partial charge in [-0.3, -0.25) is 4.79 Å². The molecule has 1 fully saturated rings. The van der Waals surface area contributed by atoms with Crippen LogP contribution in [0.5, 0.6) is 0 Å². The van der Waals surface area contributed by atoms with Gasteiger partial charge in [-0.15, -0.1) is 12.4 Å². The standard InChI is InChI=1S/C15H19F3N2O.ClH/c1-10-8-12(6-7-19-10)14(21)20-9-11-2-4-13(5-3-11)15(16,17)18;/h2-5,10,12,19H,6-9H2,1H3,(H,20,21);1H/t10-,12-;/m0./s1.